The summed E-state index contributed by atoms with van der Waals surface area (Å²) >= 11 is 0. The maximum absolute atomic E-state index is 5.88. The summed E-state index contributed by atoms with van der Waals surface area (Å²) in [5.41, 5.74) is 8.59. The number of rotatable bonds is 5. The zero-order valence-electron chi connectivity index (χ0n) is 9.95. The van der Waals surface area contributed by atoms with Gasteiger partial charge in [-0.05, 0) is 36.1 Å². The highest BCUT2D eigenvalue weighted by Crippen LogP contribution is 2.49. The molecule has 0 atom stereocenters. The van der Waals surface area contributed by atoms with Crippen molar-refractivity contribution in [2.75, 3.05) is 20.8 Å². The van der Waals surface area contributed by atoms with Crippen molar-refractivity contribution in [1.29, 1.82) is 0 Å². The second-order valence-corrected chi connectivity index (χ2v) is 4.44. The minimum absolute atomic E-state index is 0.183. The number of ether oxygens (including phenoxy) is 2. The molecule has 0 saturated heterocycles. The first-order valence-electron chi connectivity index (χ1n) is 5.62. The molecular formula is C13H19NO2. The summed E-state index contributed by atoms with van der Waals surface area (Å²) in [6, 6.07) is 6.16. The van der Waals surface area contributed by atoms with Gasteiger partial charge in [0, 0.05) is 19.1 Å². The summed E-state index contributed by atoms with van der Waals surface area (Å²) in [6.45, 7) is 1.35. The van der Waals surface area contributed by atoms with Crippen LogP contribution in [-0.4, -0.2) is 20.8 Å². The van der Waals surface area contributed by atoms with Gasteiger partial charge >= 0.3 is 0 Å². The molecular weight excluding hydrogens is 202 g/mol. The van der Waals surface area contributed by atoms with Crippen LogP contribution in [-0.2, 0) is 16.8 Å². The van der Waals surface area contributed by atoms with Crippen LogP contribution < -0.4 is 10.5 Å². The summed E-state index contributed by atoms with van der Waals surface area (Å²) in [6.07, 6.45) is 2.35. The van der Waals surface area contributed by atoms with Gasteiger partial charge in [0.2, 0.25) is 0 Å². The smallest absolute Gasteiger partial charge is 0.119 e. The molecule has 0 amide bonds. The van der Waals surface area contributed by atoms with Crippen molar-refractivity contribution in [3.8, 4) is 5.75 Å². The molecule has 1 aliphatic carbocycles. The number of nitrogens with two attached hydrogens (primary N) is 1. The third kappa shape index (κ3) is 1.93. The number of hydrogen-bond donors (Lipinski definition) is 1. The van der Waals surface area contributed by atoms with E-state index in [-0.39, 0.29) is 5.41 Å². The van der Waals surface area contributed by atoms with E-state index >= 15 is 0 Å². The van der Waals surface area contributed by atoms with E-state index in [0.29, 0.717) is 13.2 Å². The molecule has 1 saturated carbocycles. The maximum atomic E-state index is 5.88. The highest BCUT2D eigenvalue weighted by molar-refractivity contribution is 5.43. The Hall–Kier alpha value is -1.06. The van der Waals surface area contributed by atoms with Crippen LogP contribution in [0.5, 0.6) is 5.75 Å². The quantitative estimate of drug-likeness (QED) is 0.825. The van der Waals surface area contributed by atoms with E-state index in [1.165, 1.54) is 24.0 Å². The van der Waals surface area contributed by atoms with Crippen LogP contribution in [0.2, 0.25) is 0 Å². The minimum Gasteiger partial charge on any atom is -0.497 e. The molecule has 0 unspecified atom stereocenters. The van der Waals surface area contributed by atoms with E-state index in [2.05, 4.69) is 12.1 Å². The van der Waals surface area contributed by atoms with E-state index < -0.39 is 0 Å². The first-order valence-corrected chi connectivity index (χ1v) is 5.62. The fraction of sp³-hybridized carbons (Fsp3) is 0.538. The van der Waals surface area contributed by atoms with Crippen LogP contribution in [0.25, 0.3) is 0 Å². The average Bonchev–Trinajstić information content (AvgIpc) is 3.11. The summed E-state index contributed by atoms with van der Waals surface area (Å²) in [5.74, 6) is 0.898. The molecule has 1 aromatic carbocycles. The fourth-order valence-electron chi connectivity index (χ4n) is 2.19. The zero-order valence-corrected chi connectivity index (χ0v) is 9.95. The molecule has 0 aromatic heterocycles. The molecule has 88 valence electrons. The summed E-state index contributed by atoms with van der Waals surface area (Å²) in [5, 5.41) is 0. The summed E-state index contributed by atoms with van der Waals surface area (Å²) < 4.78 is 10.5. The van der Waals surface area contributed by atoms with Crippen LogP contribution in [0.3, 0.4) is 0 Å². The van der Waals surface area contributed by atoms with Gasteiger partial charge in [-0.2, -0.15) is 0 Å². The Bertz CT molecular complexity index is 372. The van der Waals surface area contributed by atoms with Crippen molar-refractivity contribution in [2.24, 2.45) is 5.73 Å². The van der Waals surface area contributed by atoms with Gasteiger partial charge < -0.3 is 15.2 Å². The summed E-state index contributed by atoms with van der Waals surface area (Å²) in [7, 11) is 3.41. The lowest BCUT2D eigenvalue weighted by Crippen LogP contribution is -2.21. The molecule has 2 rings (SSSR count). The molecule has 0 heterocycles. The molecule has 0 spiro atoms. The largest absolute Gasteiger partial charge is 0.497 e. The van der Waals surface area contributed by atoms with Gasteiger partial charge in [0.25, 0.3) is 0 Å². The maximum Gasteiger partial charge on any atom is 0.119 e. The highest BCUT2D eigenvalue weighted by atomic mass is 16.5. The van der Waals surface area contributed by atoms with E-state index in [1.807, 2.05) is 6.07 Å². The van der Waals surface area contributed by atoms with Gasteiger partial charge in [0.05, 0.1) is 13.7 Å². The predicted molar refractivity (Wildman–Crippen MR) is 63.7 cm³/mol. The predicted octanol–water partition coefficient (Wildman–Crippen LogP) is 1.83. The van der Waals surface area contributed by atoms with Crippen LogP contribution in [0, 0.1) is 0 Å². The first-order chi connectivity index (χ1) is 7.75. The molecule has 1 aliphatic rings. The van der Waals surface area contributed by atoms with E-state index in [0.717, 1.165) is 5.75 Å². The Kier molecular flexibility index (Phi) is 3.17. The number of hydrogen-bond acceptors (Lipinski definition) is 3. The Morgan fingerprint density at radius 3 is 2.56 bits per heavy atom. The van der Waals surface area contributed by atoms with Crippen molar-refractivity contribution in [2.45, 2.75) is 24.9 Å². The van der Waals surface area contributed by atoms with E-state index in [1.54, 1.807) is 14.2 Å². The third-order valence-corrected chi connectivity index (χ3v) is 3.43. The topological polar surface area (TPSA) is 44.5 Å². The highest BCUT2D eigenvalue weighted by Gasteiger charge is 2.44. The molecule has 16 heavy (non-hydrogen) atoms. The molecule has 3 heteroatoms. The summed E-state index contributed by atoms with van der Waals surface area (Å²) in [4.78, 5) is 0. The average molecular weight is 221 g/mol. The van der Waals surface area contributed by atoms with E-state index in [9.17, 15) is 0 Å². The van der Waals surface area contributed by atoms with Crippen molar-refractivity contribution in [3.63, 3.8) is 0 Å². The lowest BCUT2D eigenvalue weighted by Gasteiger charge is -2.18. The van der Waals surface area contributed by atoms with Gasteiger partial charge in [0.15, 0.2) is 0 Å². The van der Waals surface area contributed by atoms with Crippen molar-refractivity contribution < 1.29 is 9.47 Å². The lowest BCUT2D eigenvalue weighted by molar-refractivity contribution is 0.183. The third-order valence-electron chi connectivity index (χ3n) is 3.43. The molecule has 0 bridgehead atoms. The standard InChI is InChI=1S/C13H19NO2/c1-15-8-10-3-4-11(16-2)7-12(10)13(9-14)5-6-13/h3-4,7H,5-6,8-9,14H2,1-2H3. The second-order valence-electron chi connectivity index (χ2n) is 4.44. The van der Waals surface area contributed by atoms with Crippen LogP contribution in [0.4, 0.5) is 0 Å². The van der Waals surface area contributed by atoms with Crippen molar-refractivity contribution in [1.82, 2.24) is 0 Å². The van der Waals surface area contributed by atoms with Gasteiger partial charge in [0.1, 0.15) is 5.75 Å². The lowest BCUT2D eigenvalue weighted by atomic mass is 9.91. The van der Waals surface area contributed by atoms with Crippen LogP contribution in [0.1, 0.15) is 24.0 Å². The molecule has 1 aromatic rings. The van der Waals surface area contributed by atoms with Crippen molar-refractivity contribution in [3.05, 3.63) is 29.3 Å². The fourth-order valence-corrected chi connectivity index (χ4v) is 2.19. The Labute approximate surface area is 96.5 Å². The second kappa shape index (κ2) is 4.44. The van der Waals surface area contributed by atoms with Crippen LogP contribution >= 0.6 is 0 Å². The molecule has 1 fully saturated rings. The molecule has 0 radical (unpaired) electrons. The molecule has 2 N–H and O–H groups in total. The first kappa shape index (κ1) is 11.4. The van der Waals surface area contributed by atoms with Gasteiger partial charge in [-0.15, -0.1) is 0 Å². The SMILES string of the molecule is COCc1ccc(OC)cc1C1(CN)CC1. The minimum atomic E-state index is 0.183. The number of benzene rings is 1. The van der Waals surface area contributed by atoms with Crippen LogP contribution in [0.15, 0.2) is 18.2 Å². The Morgan fingerprint density at radius 1 is 1.31 bits per heavy atom. The zero-order chi connectivity index (χ0) is 11.6. The molecule has 0 aliphatic heterocycles. The Morgan fingerprint density at radius 2 is 2.06 bits per heavy atom. The van der Waals surface area contributed by atoms with Gasteiger partial charge in [-0.3, -0.25) is 0 Å². The number of methoxy groups -OCH3 is 2. The van der Waals surface area contributed by atoms with Gasteiger partial charge in [-0.1, -0.05) is 6.07 Å². The normalized spacial score (nSPS) is 17.2. The molecule has 3 nitrogen and oxygen atoms in total. The van der Waals surface area contributed by atoms with E-state index in [4.69, 9.17) is 15.2 Å². The monoisotopic (exact) mass is 221 g/mol. The van der Waals surface area contributed by atoms with Crippen molar-refractivity contribution >= 4 is 0 Å². The Balaban J connectivity index is 2.38. The van der Waals surface area contributed by atoms with Gasteiger partial charge in [-0.25, -0.2) is 0 Å².